The van der Waals surface area contributed by atoms with Crippen molar-refractivity contribution in [3.05, 3.63) is 0 Å². The molecule has 0 heterocycles. The second-order valence-corrected chi connectivity index (χ2v) is 4.15. The lowest BCUT2D eigenvalue weighted by Crippen LogP contribution is -2.41. The third-order valence-electron chi connectivity index (χ3n) is 2.79. The maximum Gasteiger partial charge on any atom is 0.169 e. The summed E-state index contributed by atoms with van der Waals surface area (Å²) >= 11 is 0. The predicted octanol–water partition coefficient (Wildman–Crippen LogP) is 1.40. The van der Waals surface area contributed by atoms with Gasteiger partial charge in [0, 0.05) is 32.9 Å². The summed E-state index contributed by atoms with van der Waals surface area (Å²) in [7, 11) is 1.75. The number of ether oxygens (including phenoxy) is 3. The van der Waals surface area contributed by atoms with Crippen LogP contribution in [0.5, 0.6) is 0 Å². The van der Waals surface area contributed by atoms with Crippen LogP contribution < -0.4 is 5.32 Å². The number of methoxy groups -OCH3 is 1. The molecule has 96 valence electrons. The van der Waals surface area contributed by atoms with Gasteiger partial charge in [0.2, 0.25) is 0 Å². The average molecular weight is 231 g/mol. The summed E-state index contributed by atoms with van der Waals surface area (Å²) in [4.78, 5) is 0. The molecule has 1 atom stereocenters. The molecule has 0 aromatic carbocycles. The summed E-state index contributed by atoms with van der Waals surface area (Å²) < 4.78 is 16.2. The van der Waals surface area contributed by atoms with E-state index in [1.807, 2.05) is 13.8 Å². The molecule has 0 spiro atoms. The minimum Gasteiger partial charge on any atom is -0.383 e. The van der Waals surface area contributed by atoms with Crippen LogP contribution in [0.4, 0.5) is 0 Å². The van der Waals surface area contributed by atoms with Crippen LogP contribution in [-0.2, 0) is 14.2 Å². The Labute approximate surface area is 98.6 Å². The summed E-state index contributed by atoms with van der Waals surface area (Å²) in [5.41, 5.74) is 0. The molecule has 1 saturated carbocycles. The summed E-state index contributed by atoms with van der Waals surface area (Å²) in [6.45, 7) is 6.86. The fraction of sp³-hybridized carbons (Fsp3) is 1.00. The van der Waals surface area contributed by atoms with Gasteiger partial charge in [-0.3, -0.25) is 0 Å². The Kier molecular flexibility index (Phi) is 6.96. The van der Waals surface area contributed by atoms with Gasteiger partial charge in [0.05, 0.1) is 6.61 Å². The summed E-state index contributed by atoms with van der Waals surface area (Å²) in [5, 5.41) is 3.48. The molecule has 0 radical (unpaired) electrons. The normalized spacial score (nSPS) is 18.0. The first-order chi connectivity index (χ1) is 7.81. The van der Waals surface area contributed by atoms with Crippen LogP contribution in [0, 0.1) is 5.92 Å². The molecule has 1 rings (SSSR count). The van der Waals surface area contributed by atoms with Crippen LogP contribution in [0.2, 0.25) is 0 Å². The Hall–Kier alpha value is -0.160. The van der Waals surface area contributed by atoms with Crippen molar-refractivity contribution in [1.29, 1.82) is 0 Å². The maximum absolute atomic E-state index is 5.49. The lowest BCUT2D eigenvalue weighted by molar-refractivity contribution is -0.134. The van der Waals surface area contributed by atoms with Crippen LogP contribution >= 0.6 is 0 Å². The molecular weight excluding hydrogens is 206 g/mol. The van der Waals surface area contributed by atoms with Crippen LogP contribution in [0.15, 0.2) is 0 Å². The standard InChI is InChI=1S/C12H25NO3/c1-4-15-12(16-5-2)8-13-11(9-14-3)10-6-7-10/h10-13H,4-9H2,1-3H3. The SMILES string of the molecule is CCOC(CNC(COC)C1CC1)OCC. The van der Waals surface area contributed by atoms with Gasteiger partial charge in [0.15, 0.2) is 6.29 Å². The van der Waals surface area contributed by atoms with E-state index in [-0.39, 0.29) is 6.29 Å². The fourth-order valence-electron chi connectivity index (χ4n) is 1.83. The van der Waals surface area contributed by atoms with Gasteiger partial charge in [0.1, 0.15) is 0 Å². The monoisotopic (exact) mass is 231 g/mol. The van der Waals surface area contributed by atoms with Crippen LogP contribution in [0.3, 0.4) is 0 Å². The topological polar surface area (TPSA) is 39.7 Å². The van der Waals surface area contributed by atoms with E-state index in [1.165, 1.54) is 12.8 Å². The van der Waals surface area contributed by atoms with E-state index in [4.69, 9.17) is 14.2 Å². The number of rotatable bonds is 10. The molecule has 16 heavy (non-hydrogen) atoms. The molecule has 0 aliphatic heterocycles. The van der Waals surface area contributed by atoms with Crippen molar-refractivity contribution in [2.75, 3.05) is 33.5 Å². The molecule has 0 saturated heterocycles. The first-order valence-corrected chi connectivity index (χ1v) is 6.27. The highest BCUT2D eigenvalue weighted by Crippen LogP contribution is 2.32. The van der Waals surface area contributed by atoms with Gasteiger partial charge in [-0.25, -0.2) is 0 Å². The number of hydrogen-bond acceptors (Lipinski definition) is 4. The van der Waals surface area contributed by atoms with Gasteiger partial charge < -0.3 is 19.5 Å². The first kappa shape index (κ1) is 13.9. The quantitative estimate of drug-likeness (QED) is 0.577. The second-order valence-electron chi connectivity index (χ2n) is 4.15. The van der Waals surface area contributed by atoms with E-state index in [2.05, 4.69) is 5.32 Å². The van der Waals surface area contributed by atoms with Crippen molar-refractivity contribution in [3.8, 4) is 0 Å². The highest BCUT2D eigenvalue weighted by molar-refractivity contribution is 4.86. The lowest BCUT2D eigenvalue weighted by atomic mass is 10.2. The Balaban J connectivity index is 2.21. The summed E-state index contributed by atoms with van der Waals surface area (Å²) in [6, 6.07) is 0.452. The summed E-state index contributed by atoms with van der Waals surface area (Å²) in [6.07, 6.45) is 2.50. The van der Waals surface area contributed by atoms with Gasteiger partial charge in [-0.05, 0) is 32.6 Å². The molecule has 1 aliphatic rings. The second kappa shape index (κ2) is 8.01. The molecule has 0 bridgehead atoms. The van der Waals surface area contributed by atoms with Crippen molar-refractivity contribution in [1.82, 2.24) is 5.32 Å². The molecule has 0 aromatic heterocycles. The zero-order chi connectivity index (χ0) is 11.8. The van der Waals surface area contributed by atoms with Gasteiger partial charge in [-0.2, -0.15) is 0 Å². The minimum atomic E-state index is -0.131. The van der Waals surface area contributed by atoms with E-state index in [0.717, 1.165) is 19.1 Å². The zero-order valence-corrected chi connectivity index (χ0v) is 10.7. The van der Waals surface area contributed by atoms with Crippen molar-refractivity contribution < 1.29 is 14.2 Å². The molecule has 0 aromatic rings. The molecule has 4 heteroatoms. The first-order valence-electron chi connectivity index (χ1n) is 6.27. The minimum absolute atomic E-state index is 0.131. The molecule has 1 N–H and O–H groups in total. The van der Waals surface area contributed by atoms with E-state index in [1.54, 1.807) is 7.11 Å². The molecule has 1 fully saturated rings. The molecule has 4 nitrogen and oxygen atoms in total. The van der Waals surface area contributed by atoms with Crippen molar-refractivity contribution in [2.45, 2.75) is 39.0 Å². The largest absolute Gasteiger partial charge is 0.383 e. The van der Waals surface area contributed by atoms with E-state index >= 15 is 0 Å². The molecule has 1 unspecified atom stereocenters. The highest BCUT2D eigenvalue weighted by atomic mass is 16.7. The van der Waals surface area contributed by atoms with Crippen molar-refractivity contribution in [3.63, 3.8) is 0 Å². The van der Waals surface area contributed by atoms with E-state index in [0.29, 0.717) is 19.3 Å². The molecular formula is C12H25NO3. The smallest absolute Gasteiger partial charge is 0.169 e. The Morgan fingerprint density at radius 2 is 1.81 bits per heavy atom. The maximum atomic E-state index is 5.49. The molecule has 1 aliphatic carbocycles. The number of hydrogen-bond donors (Lipinski definition) is 1. The number of nitrogens with one attached hydrogen (secondary N) is 1. The Morgan fingerprint density at radius 1 is 1.19 bits per heavy atom. The Morgan fingerprint density at radius 3 is 2.25 bits per heavy atom. The van der Waals surface area contributed by atoms with Gasteiger partial charge in [0.25, 0.3) is 0 Å². The van der Waals surface area contributed by atoms with E-state index < -0.39 is 0 Å². The fourth-order valence-corrected chi connectivity index (χ4v) is 1.83. The third kappa shape index (κ3) is 5.25. The highest BCUT2D eigenvalue weighted by Gasteiger charge is 2.31. The third-order valence-corrected chi connectivity index (χ3v) is 2.79. The van der Waals surface area contributed by atoms with Crippen LogP contribution in [0.1, 0.15) is 26.7 Å². The van der Waals surface area contributed by atoms with Crippen LogP contribution in [-0.4, -0.2) is 45.8 Å². The van der Waals surface area contributed by atoms with E-state index in [9.17, 15) is 0 Å². The Bertz CT molecular complexity index is 168. The van der Waals surface area contributed by atoms with Crippen molar-refractivity contribution >= 4 is 0 Å². The zero-order valence-electron chi connectivity index (χ0n) is 10.7. The van der Waals surface area contributed by atoms with Gasteiger partial charge in [-0.15, -0.1) is 0 Å². The predicted molar refractivity (Wildman–Crippen MR) is 63.4 cm³/mol. The van der Waals surface area contributed by atoms with Gasteiger partial charge >= 0.3 is 0 Å². The van der Waals surface area contributed by atoms with Crippen LogP contribution in [0.25, 0.3) is 0 Å². The summed E-state index contributed by atoms with van der Waals surface area (Å²) in [5.74, 6) is 0.781. The lowest BCUT2D eigenvalue weighted by Gasteiger charge is -2.22. The molecule has 0 amide bonds. The average Bonchev–Trinajstić information content (AvgIpc) is 3.08. The van der Waals surface area contributed by atoms with Crippen molar-refractivity contribution in [2.24, 2.45) is 5.92 Å². The van der Waals surface area contributed by atoms with Gasteiger partial charge in [-0.1, -0.05) is 0 Å².